The molecule has 48 valence electrons. The van der Waals surface area contributed by atoms with Crippen molar-refractivity contribution in [3.8, 4) is 11.8 Å². The van der Waals surface area contributed by atoms with E-state index in [0.29, 0.717) is 0 Å². The van der Waals surface area contributed by atoms with Crippen LogP contribution in [0, 0.1) is 11.8 Å². The lowest BCUT2D eigenvalue weighted by Crippen LogP contribution is -1.78. The van der Waals surface area contributed by atoms with Gasteiger partial charge in [-0.2, -0.15) is 0 Å². The van der Waals surface area contributed by atoms with Gasteiger partial charge < -0.3 is 4.74 Å². The lowest BCUT2D eigenvalue weighted by atomic mass is 10.4. The highest BCUT2D eigenvalue weighted by atomic mass is 16.5. The van der Waals surface area contributed by atoms with Gasteiger partial charge in [0.1, 0.15) is 0 Å². The Balaban J connectivity index is 3.62. The Kier molecular flexibility index (Phi) is 4.25. The van der Waals surface area contributed by atoms with Crippen molar-refractivity contribution >= 4 is 5.78 Å². The Morgan fingerprint density at radius 2 is 2.33 bits per heavy atom. The summed E-state index contributed by atoms with van der Waals surface area (Å²) in [6.07, 6.45) is 2.89. The minimum atomic E-state index is -0.143. The van der Waals surface area contributed by atoms with Crippen molar-refractivity contribution in [2.24, 2.45) is 0 Å². The highest BCUT2D eigenvalue weighted by Gasteiger charge is 1.74. The third-order valence-corrected chi connectivity index (χ3v) is 0.536. The summed E-state index contributed by atoms with van der Waals surface area (Å²) < 4.78 is 4.53. The van der Waals surface area contributed by atoms with E-state index < -0.39 is 0 Å². The third kappa shape index (κ3) is 6.77. The zero-order chi connectivity index (χ0) is 7.11. The van der Waals surface area contributed by atoms with Crippen LogP contribution in [0.5, 0.6) is 0 Å². The Morgan fingerprint density at radius 3 is 2.78 bits per heavy atom. The summed E-state index contributed by atoms with van der Waals surface area (Å²) in [5.74, 6) is 4.66. The van der Waals surface area contributed by atoms with Gasteiger partial charge in [-0.05, 0) is 5.92 Å². The minimum Gasteiger partial charge on any atom is -0.504 e. The fourth-order valence-corrected chi connectivity index (χ4v) is 0.245. The quantitative estimate of drug-likeness (QED) is 0.293. The Labute approximate surface area is 54.5 Å². The van der Waals surface area contributed by atoms with Crippen molar-refractivity contribution in [2.75, 3.05) is 7.11 Å². The average molecular weight is 124 g/mol. The van der Waals surface area contributed by atoms with Crippen LogP contribution < -0.4 is 0 Å². The van der Waals surface area contributed by atoms with Crippen molar-refractivity contribution in [2.45, 2.75) is 6.92 Å². The van der Waals surface area contributed by atoms with E-state index in [-0.39, 0.29) is 5.78 Å². The largest absolute Gasteiger partial charge is 0.504 e. The summed E-state index contributed by atoms with van der Waals surface area (Å²) in [4.78, 5) is 10.2. The van der Waals surface area contributed by atoms with Gasteiger partial charge in [-0.15, -0.1) is 0 Å². The second-order valence-electron chi connectivity index (χ2n) is 1.36. The van der Waals surface area contributed by atoms with Gasteiger partial charge in [0.25, 0.3) is 0 Å². The van der Waals surface area contributed by atoms with Crippen molar-refractivity contribution in [1.82, 2.24) is 0 Å². The van der Waals surface area contributed by atoms with Crippen LogP contribution in [0.3, 0.4) is 0 Å². The fourth-order valence-electron chi connectivity index (χ4n) is 0.245. The van der Waals surface area contributed by atoms with Crippen LogP contribution in [0.2, 0.25) is 0 Å². The SMILES string of the molecule is CO/C=C/C#CC(C)=O. The Morgan fingerprint density at radius 1 is 1.67 bits per heavy atom. The maximum atomic E-state index is 10.2. The predicted molar refractivity (Wildman–Crippen MR) is 34.6 cm³/mol. The molecular weight excluding hydrogens is 116 g/mol. The van der Waals surface area contributed by atoms with Gasteiger partial charge in [0.2, 0.25) is 5.78 Å². The minimum absolute atomic E-state index is 0.143. The number of hydrogen-bond donors (Lipinski definition) is 0. The number of carbonyl (C=O) groups excluding carboxylic acids is 1. The van der Waals surface area contributed by atoms with Crippen LogP contribution >= 0.6 is 0 Å². The smallest absolute Gasteiger partial charge is 0.202 e. The fraction of sp³-hybridized carbons (Fsp3) is 0.286. The lowest BCUT2D eigenvalue weighted by Gasteiger charge is -1.77. The van der Waals surface area contributed by atoms with Crippen molar-refractivity contribution < 1.29 is 9.53 Å². The molecule has 0 bridgehead atoms. The van der Waals surface area contributed by atoms with E-state index in [1.54, 1.807) is 0 Å². The van der Waals surface area contributed by atoms with Crippen molar-refractivity contribution in [3.05, 3.63) is 12.3 Å². The van der Waals surface area contributed by atoms with E-state index in [4.69, 9.17) is 0 Å². The van der Waals surface area contributed by atoms with E-state index in [2.05, 4.69) is 16.6 Å². The Hall–Kier alpha value is -1.23. The highest BCUT2D eigenvalue weighted by Crippen LogP contribution is 1.69. The molecule has 0 aromatic carbocycles. The summed E-state index contributed by atoms with van der Waals surface area (Å²) in [6, 6.07) is 0. The predicted octanol–water partition coefficient (Wildman–Crippen LogP) is 0.739. The molecule has 0 rings (SSSR count). The van der Waals surface area contributed by atoms with Gasteiger partial charge in [0.15, 0.2) is 0 Å². The topological polar surface area (TPSA) is 26.3 Å². The zero-order valence-electron chi connectivity index (χ0n) is 5.47. The van der Waals surface area contributed by atoms with Gasteiger partial charge in [-0.1, -0.05) is 5.92 Å². The number of ketones is 1. The molecule has 0 aliphatic rings. The molecule has 0 saturated heterocycles. The highest BCUT2D eigenvalue weighted by molar-refractivity contribution is 5.93. The van der Waals surface area contributed by atoms with Crippen LogP contribution in [0.25, 0.3) is 0 Å². The molecule has 0 spiro atoms. The van der Waals surface area contributed by atoms with E-state index in [0.717, 1.165) is 0 Å². The second kappa shape index (κ2) is 4.92. The van der Waals surface area contributed by atoms with Crippen LogP contribution in [0.4, 0.5) is 0 Å². The maximum absolute atomic E-state index is 10.2. The van der Waals surface area contributed by atoms with Gasteiger partial charge in [0, 0.05) is 13.0 Å². The normalized spacial score (nSPS) is 8.22. The number of carbonyl (C=O) groups is 1. The van der Waals surface area contributed by atoms with Crippen LogP contribution in [0.1, 0.15) is 6.92 Å². The summed E-state index contributed by atoms with van der Waals surface area (Å²) in [5, 5.41) is 0. The molecule has 0 unspecified atom stereocenters. The molecular formula is C7H8O2. The van der Waals surface area contributed by atoms with Crippen molar-refractivity contribution in [1.29, 1.82) is 0 Å². The van der Waals surface area contributed by atoms with Gasteiger partial charge in [0.05, 0.1) is 13.4 Å². The molecule has 0 radical (unpaired) electrons. The molecule has 0 saturated carbocycles. The van der Waals surface area contributed by atoms with Crippen LogP contribution in [-0.2, 0) is 9.53 Å². The second-order valence-corrected chi connectivity index (χ2v) is 1.36. The maximum Gasteiger partial charge on any atom is 0.202 e. The average Bonchev–Trinajstić information content (AvgIpc) is 1.80. The molecule has 0 aromatic heterocycles. The first-order chi connectivity index (χ1) is 4.27. The summed E-state index contributed by atoms with van der Waals surface area (Å²) in [7, 11) is 1.52. The number of rotatable bonds is 1. The molecule has 0 N–H and O–H groups in total. The molecule has 9 heavy (non-hydrogen) atoms. The summed E-state index contributed by atoms with van der Waals surface area (Å²) in [6.45, 7) is 1.41. The lowest BCUT2D eigenvalue weighted by molar-refractivity contribution is -0.111. The molecule has 0 amide bonds. The summed E-state index contributed by atoms with van der Waals surface area (Å²) >= 11 is 0. The zero-order valence-corrected chi connectivity index (χ0v) is 5.47. The van der Waals surface area contributed by atoms with E-state index in [9.17, 15) is 4.79 Å². The Bertz CT molecular complexity index is 169. The molecule has 0 atom stereocenters. The number of Topliss-reactive ketones (excluding diaryl/α,β-unsaturated/α-hetero) is 1. The third-order valence-electron chi connectivity index (χ3n) is 0.536. The molecule has 0 fully saturated rings. The van der Waals surface area contributed by atoms with E-state index in [1.165, 1.54) is 26.4 Å². The first-order valence-corrected chi connectivity index (χ1v) is 2.47. The standard InChI is InChI=1S/C7H8O2/c1-7(8)5-3-4-6-9-2/h4,6H,1-2H3/b6-4+. The number of methoxy groups -OCH3 is 1. The van der Waals surface area contributed by atoms with Gasteiger partial charge in [-0.3, -0.25) is 4.79 Å². The van der Waals surface area contributed by atoms with Crippen LogP contribution in [0.15, 0.2) is 12.3 Å². The van der Waals surface area contributed by atoms with Crippen LogP contribution in [-0.4, -0.2) is 12.9 Å². The number of allylic oxidation sites excluding steroid dienone is 1. The first-order valence-electron chi connectivity index (χ1n) is 2.47. The number of ether oxygens (including phenoxy) is 1. The van der Waals surface area contributed by atoms with Gasteiger partial charge >= 0.3 is 0 Å². The number of hydrogen-bond acceptors (Lipinski definition) is 2. The molecule has 0 aliphatic heterocycles. The molecule has 0 heterocycles. The molecule has 2 heteroatoms. The molecule has 0 aromatic rings. The molecule has 2 nitrogen and oxygen atoms in total. The summed E-state index contributed by atoms with van der Waals surface area (Å²) in [5.41, 5.74) is 0. The van der Waals surface area contributed by atoms with E-state index in [1.807, 2.05) is 0 Å². The first kappa shape index (κ1) is 7.77. The molecule has 0 aliphatic carbocycles. The van der Waals surface area contributed by atoms with Crippen molar-refractivity contribution in [3.63, 3.8) is 0 Å². The van der Waals surface area contributed by atoms with E-state index >= 15 is 0 Å². The van der Waals surface area contributed by atoms with Gasteiger partial charge in [-0.25, -0.2) is 0 Å². The monoisotopic (exact) mass is 124 g/mol.